The topological polar surface area (TPSA) is 285 Å². The first-order valence-corrected chi connectivity index (χ1v) is 17.6. The van der Waals surface area contributed by atoms with Gasteiger partial charge in [0.25, 0.3) is 0 Å². The predicted molar refractivity (Wildman–Crippen MR) is 137 cm³/mol. The number of nitrogens with zero attached hydrogens (tertiary/aromatic N) is 1. The van der Waals surface area contributed by atoms with Crippen molar-refractivity contribution in [2.45, 2.75) is 12.2 Å². The summed E-state index contributed by atoms with van der Waals surface area (Å²) in [5.74, 6) is 0. The van der Waals surface area contributed by atoms with E-state index in [2.05, 4.69) is 32.5 Å². The number of aliphatic hydroxyl groups excluding tert-OH is 1. The van der Waals surface area contributed by atoms with E-state index in [4.69, 9.17) is 23.8 Å². The summed E-state index contributed by atoms with van der Waals surface area (Å²) in [6, 6.07) is 0. The molecule has 5 atom stereocenters. The zero-order chi connectivity index (χ0) is 31.8. The third-order valence-corrected chi connectivity index (χ3v) is 7.36. The third kappa shape index (κ3) is 25.3. The van der Waals surface area contributed by atoms with Gasteiger partial charge >= 0.3 is 31.3 Å². The maximum atomic E-state index is 12.0. The monoisotopic (exact) mass is 689 g/mol. The highest BCUT2D eigenvalue weighted by atomic mass is 31.2. The molecule has 0 rings (SSSR count). The largest absolute Gasteiger partial charge is 0.472 e. The van der Waals surface area contributed by atoms with Gasteiger partial charge in [0.1, 0.15) is 12.2 Å². The molecule has 0 aliphatic heterocycles. The van der Waals surface area contributed by atoms with Gasteiger partial charge in [-0.2, -0.15) is 0 Å². The van der Waals surface area contributed by atoms with E-state index >= 15 is 0 Å². The van der Waals surface area contributed by atoms with Crippen molar-refractivity contribution in [1.29, 1.82) is 0 Å². The Morgan fingerprint density at radius 3 is 1.56 bits per heavy atom. The smallest absolute Gasteiger partial charge is 0.394 e. The summed E-state index contributed by atoms with van der Waals surface area (Å²) in [4.78, 5) is 46.8. The van der Waals surface area contributed by atoms with Crippen molar-refractivity contribution in [3.05, 3.63) is 0 Å². The minimum Gasteiger partial charge on any atom is -0.394 e. The van der Waals surface area contributed by atoms with E-state index in [1.807, 2.05) is 21.1 Å². The molecule has 0 amide bonds. The molecule has 248 valence electrons. The minimum atomic E-state index is -4.98. The zero-order valence-electron chi connectivity index (χ0n) is 23.0. The Morgan fingerprint density at radius 1 is 0.659 bits per heavy atom. The van der Waals surface area contributed by atoms with Gasteiger partial charge in [0.15, 0.2) is 6.73 Å². The zero-order valence-corrected chi connectivity index (χ0v) is 26.5. The Balaban J connectivity index is 4.41. The maximum absolute atomic E-state index is 12.0. The van der Waals surface area contributed by atoms with Crippen molar-refractivity contribution < 1.29 is 93.5 Å². The van der Waals surface area contributed by atoms with Crippen LogP contribution in [0.25, 0.3) is 0 Å². The molecule has 0 aliphatic rings. The average molecular weight is 689 g/mol. The molecule has 5 unspecified atom stereocenters. The van der Waals surface area contributed by atoms with Crippen LogP contribution in [0.5, 0.6) is 0 Å². The number of aliphatic hydroxyl groups is 1. The number of ether oxygens (including phenoxy) is 2. The molecule has 0 aromatic heterocycles. The van der Waals surface area contributed by atoms with Crippen LogP contribution in [0.4, 0.5) is 0 Å². The highest BCUT2D eigenvalue weighted by molar-refractivity contribution is 7.48. The van der Waals surface area contributed by atoms with Crippen molar-refractivity contribution in [2.24, 2.45) is 0 Å². The Kier molecular flexibility index (Phi) is 19.7. The highest BCUT2D eigenvalue weighted by Crippen LogP contribution is 2.47. The summed E-state index contributed by atoms with van der Waals surface area (Å²) in [6.07, 6.45) is -2.64. The van der Waals surface area contributed by atoms with Gasteiger partial charge in [0.05, 0.1) is 80.7 Å². The van der Waals surface area contributed by atoms with Gasteiger partial charge in [-0.3, -0.25) is 37.0 Å². The van der Waals surface area contributed by atoms with Crippen LogP contribution in [-0.2, 0) is 59.4 Å². The molecule has 0 aromatic rings. The van der Waals surface area contributed by atoms with E-state index in [0.717, 1.165) is 0 Å². The van der Waals surface area contributed by atoms with Crippen molar-refractivity contribution in [3.8, 4) is 0 Å². The summed E-state index contributed by atoms with van der Waals surface area (Å²) >= 11 is 0. The van der Waals surface area contributed by atoms with Crippen LogP contribution in [-0.4, -0.2) is 141 Å². The van der Waals surface area contributed by atoms with Crippen molar-refractivity contribution >= 4 is 31.3 Å². The normalized spacial score (nSPS) is 18.8. The molecule has 0 saturated carbocycles. The number of phosphoric ester groups is 4. The van der Waals surface area contributed by atoms with Crippen molar-refractivity contribution in [1.82, 2.24) is 5.32 Å². The molecule has 25 heteroatoms. The predicted octanol–water partition coefficient (Wildman–Crippen LogP) is -0.900. The lowest BCUT2D eigenvalue weighted by Crippen LogP contribution is -2.38. The van der Waals surface area contributed by atoms with Crippen LogP contribution in [0.1, 0.15) is 0 Å². The summed E-state index contributed by atoms with van der Waals surface area (Å²) in [5, 5.41) is 11.9. The number of hydrogen-bond donors (Lipinski definition) is 7. The number of hydrogen-bond acceptors (Lipinski definition) is 15. The van der Waals surface area contributed by atoms with E-state index in [1.165, 1.54) is 7.05 Å². The SMILES string of the molecule is CNCOCC(COP(=O)(O)OCCOP(=O)(O)OCCOP(=O)(O)OC(CO)COC[N+](C)(C)C)OP(=O)(O)O. The van der Waals surface area contributed by atoms with Gasteiger partial charge in [0, 0.05) is 0 Å². The fourth-order valence-electron chi connectivity index (χ4n) is 2.25. The van der Waals surface area contributed by atoms with E-state index in [-0.39, 0.29) is 20.1 Å². The number of nitrogens with one attached hydrogen (secondary N) is 1. The van der Waals surface area contributed by atoms with Crippen LogP contribution in [0, 0.1) is 0 Å². The quantitative estimate of drug-likeness (QED) is 0.0251. The first-order valence-electron chi connectivity index (χ1n) is 11.5. The second kappa shape index (κ2) is 19.6. The lowest BCUT2D eigenvalue weighted by atomic mass is 10.4. The Morgan fingerprint density at radius 2 is 1.12 bits per heavy atom. The first kappa shape index (κ1) is 41.2. The Bertz CT molecular complexity index is 914. The number of quaternary nitrogens is 1. The standard InChI is InChI=1S/C16H40N2O19P4/c1-17-13-29-11-16(36-38(20,21)22)12-35-40(25,26)33-6-5-31-39(23,24)32-7-8-34-41(27,28)37-15(9-19)10-30-14-18(2,3)4/h15-17,19H,5-14H2,1-4H3,(H4-,20,21,22,23,24,25,26,27,28)/p+1. The summed E-state index contributed by atoms with van der Waals surface area (Å²) in [5.41, 5.74) is 0. The third-order valence-electron chi connectivity index (χ3n) is 3.71. The van der Waals surface area contributed by atoms with E-state index in [0.29, 0.717) is 4.48 Å². The summed E-state index contributed by atoms with van der Waals surface area (Å²) in [7, 11) is -12.2. The molecule has 7 N–H and O–H groups in total. The Hall–Kier alpha value is 0.240. The van der Waals surface area contributed by atoms with E-state index < -0.39 is 89.7 Å². The van der Waals surface area contributed by atoms with Crippen molar-refractivity contribution in [3.63, 3.8) is 0 Å². The molecule has 21 nitrogen and oxygen atoms in total. The highest BCUT2D eigenvalue weighted by Gasteiger charge is 2.30. The van der Waals surface area contributed by atoms with Gasteiger partial charge in [-0.05, 0) is 7.05 Å². The minimum absolute atomic E-state index is 0.0227. The fourth-order valence-corrected chi connectivity index (χ4v) is 5.05. The molecule has 41 heavy (non-hydrogen) atoms. The molecule has 0 spiro atoms. The molecular formula is C16H41N2O19P4+. The first-order chi connectivity index (χ1) is 18.7. The van der Waals surface area contributed by atoms with Crippen LogP contribution in [0.3, 0.4) is 0 Å². The van der Waals surface area contributed by atoms with Crippen LogP contribution in [0.15, 0.2) is 0 Å². The summed E-state index contributed by atoms with van der Waals surface area (Å²) < 4.78 is 89.4. The van der Waals surface area contributed by atoms with Gasteiger partial charge in [-0.1, -0.05) is 0 Å². The van der Waals surface area contributed by atoms with Gasteiger partial charge in [0.2, 0.25) is 0 Å². The average Bonchev–Trinajstić information content (AvgIpc) is 2.81. The Labute approximate surface area is 237 Å². The molecule has 0 bridgehead atoms. The van der Waals surface area contributed by atoms with Crippen LogP contribution >= 0.6 is 31.3 Å². The van der Waals surface area contributed by atoms with Crippen LogP contribution < -0.4 is 5.32 Å². The molecule has 0 saturated heterocycles. The van der Waals surface area contributed by atoms with Crippen LogP contribution in [0.2, 0.25) is 0 Å². The second-order valence-corrected chi connectivity index (χ2v) is 14.3. The number of phosphoric acid groups is 4. The lowest BCUT2D eigenvalue weighted by molar-refractivity contribution is -0.890. The van der Waals surface area contributed by atoms with Gasteiger partial charge in [-0.25, -0.2) is 18.3 Å². The molecule has 0 radical (unpaired) electrons. The van der Waals surface area contributed by atoms with E-state index in [1.54, 1.807) is 0 Å². The molecule has 0 aliphatic carbocycles. The maximum Gasteiger partial charge on any atom is 0.472 e. The summed E-state index contributed by atoms with van der Waals surface area (Å²) in [6.45, 7) is -4.86. The molecule has 0 aromatic carbocycles. The van der Waals surface area contributed by atoms with E-state index in [9.17, 15) is 38.0 Å². The number of rotatable bonds is 26. The van der Waals surface area contributed by atoms with Gasteiger partial charge in [-0.15, -0.1) is 0 Å². The lowest BCUT2D eigenvalue weighted by Gasteiger charge is -2.25. The second-order valence-electron chi connectivity index (χ2n) is 8.82. The fraction of sp³-hybridized carbons (Fsp3) is 1.00. The molecule has 0 fully saturated rings. The molecular weight excluding hydrogens is 648 g/mol. The van der Waals surface area contributed by atoms with Gasteiger partial charge < -0.3 is 43.5 Å². The molecule has 0 heterocycles. The van der Waals surface area contributed by atoms with Crippen molar-refractivity contribution in [2.75, 3.05) is 94.5 Å².